The SMILES string of the molecule is COc1ccccc1C(=O)CC1(O)C(=O)N(Cc2ccc(C)cc2)c2ccc(Br)cc21. The van der Waals surface area contributed by atoms with E-state index in [1.54, 1.807) is 41.3 Å². The van der Waals surface area contributed by atoms with Crippen LogP contribution in [0.15, 0.2) is 71.2 Å². The Bertz CT molecular complexity index is 1160. The van der Waals surface area contributed by atoms with Crippen LogP contribution in [0.25, 0.3) is 0 Å². The number of rotatable bonds is 6. The molecule has 0 aliphatic carbocycles. The molecule has 1 aliphatic heterocycles. The number of aliphatic hydroxyl groups is 1. The van der Waals surface area contributed by atoms with E-state index in [1.807, 2.05) is 37.3 Å². The van der Waals surface area contributed by atoms with Crippen LogP contribution < -0.4 is 9.64 Å². The van der Waals surface area contributed by atoms with Gasteiger partial charge in [0.05, 0.1) is 31.3 Å². The number of Topliss-reactive ketones (excluding diaryl/α,β-unsaturated/α-hetero) is 1. The minimum atomic E-state index is -1.96. The van der Waals surface area contributed by atoms with Crippen molar-refractivity contribution < 1.29 is 19.4 Å². The first-order valence-electron chi connectivity index (χ1n) is 9.89. The third-order valence-electron chi connectivity index (χ3n) is 5.58. The molecule has 0 saturated heterocycles. The molecule has 0 aromatic heterocycles. The second-order valence-electron chi connectivity index (χ2n) is 7.70. The molecule has 1 heterocycles. The Balaban J connectivity index is 1.72. The lowest BCUT2D eigenvalue weighted by Crippen LogP contribution is -2.41. The van der Waals surface area contributed by atoms with Crippen molar-refractivity contribution in [3.05, 3.63) is 93.5 Å². The lowest BCUT2D eigenvalue weighted by atomic mass is 9.88. The highest BCUT2D eigenvalue weighted by Crippen LogP contribution is 2.45. The number of para-hydroxylation sites is 1. The normalized spacial score (nSPS) is 17.5. The molecule has 1 aliphatic rings. The molecule has 158 valence electrons. The van der Waals surface area contributed by atoms with E-state index in [2.05, 4.69) is 15.9 Å². The summed E-state index contributed by atoms with van der Waals surface area (Å²) in [5, 5.41) is 11.6. The number of carbonyl (C=O) groups is 2. The van der Waals surface area contributed by atoms with E-state index in [0.29, 0.717) is 29.1 Å². The first kappa shape index (κ1) is 21.3. The third kappa shape index (κ3) is 3.89. The van der Waals surface area contributed by atoms with Crippen molar-refractivity contribution in [1.82, 2.24) is 0 Å². The average molecular weight is 480 g/mol. The number of nitrogens with zero attached hydrogens (tertiary/aromatic N) is 1. The largest absolute Gasteiger partial charge is 0.496 e. The number of amides is 1. The number of carbonyl (C=O) groups excluding carboxylic acids is 2. The van der Waals surface area contributed by atoms with E-state index in [4.69, 9.17) is 4.74 Å². The van der Waals surface area contributed by atoms with Crippen molar-refractivity contribution in [1.29, 1.82) is 0 Å². The molecule has 3 aromatic rings. The number of hydrogen-bond donors (Lipinski definition) is 1. The standard InChI is InChI=1S/C25H22BrNO4/c1-16-7-9-17(10-8-16)15-27-21-12-11-18(26)13-20(21)25(30,24(27)29)14-22(28)19-5-3-4-6-23(19)31-2/h3-13,30H,14-15H2,1-2H3. The highest BCUT2D eigenvalue weighted by Gasteiger charge is 2.51. The number of methoxy groups -OCH3 is 1. The predicted octanol–water partition coefficient (Wildman–Crippen LogP) is 4.77. The zero-order valence-corrected chi connectivity index (χ0v) is 18.8. The molecule has 0 fully saturated rings. The van der Waals surface area contributed by atoms with E-state index in [9.17, 15) is 14.7 Å². The smallest absolute Gasteiger partial charge is 0.264 e. The van der Waals surface area contributed by atoms with Crippen LogP contribution in [0.5, 0.6) is 5.75 Å². The number of hydrogen-bond acceptors (Lipinski definition) is 4. The minimum absolute atomic E-state index is 0.304. The fraction of sp³-hybridized carbons (Fsp3) is 0.200. The van der Waals surface area contributed by atoms with Gasteiger partial charge < -0.3 is 14.7 Å². The van der Waals surface area contributed by atoms with Gasteiger partial charge in [-0.25, -0.2) is 0 Å². The number of anilines is 1. The summed E-state index contributed by atoms with van der Waals surface area (Å²) in [6.45, 7) is 2.30. The predicted molar refractivity (Wildman–Crippen MR) is 122 cm³/mol. The van der Waals surface area contributed by atoms with E-state index in [0.717, 1.165) is 15.6 Å². The van der Waals surface area contributed by atoms with Crippen molar-refractivity contribution in [2.75, 3.05) is 12.0 Å². The van der Waals surface area contributed by atoms with Crippen molar-refractivity contribution in [2.24, 2.45) is 0 Å². The number of aryl methyl sites for hydroxylation is 1. The van der Waals surface area contributed by atoms with Gasteiger partial charge in [-0.3, -0.25) is 9.59 Å². The van der Waals surface area contributed by atoms with E-state index in [-0.39, 0.29) is 12.2 Å². The summed E-state index contributed by atoms with van der Waals surface area (Å²) in [5.41, 5.74) is 1.46. The second-order valence-corrected chi connectivity index (χ2v) is 8.61. The molecule has 0 spiro atoms. The monoisotopic (exact) mass is 479 g/mol. The van der Waals surface area contributed by atoms with Gasteiger partial charge in [-0.1, -0.05) is 57.9 Å². The van der Waals surface area contributed by atoms with Crippen LogP contribution >= 0.6 is 15.9 Å². The molecule has 6 heteroatoms. The first-order chi connectivity index (χ1) is 14.8. The number of halogens is 1. The van der Waals surface area contributed by atoms with Gasteiger partial charge in [-0.15, -0.1) is 0 Å². The molecule has 4 rings (SSSR count). The molecular weight excluding hydrogens is 458 g/mol. The third-order valence-corrected chi connectivity index (χ3v) is 6.07. The molecule has 1 N–H and O–H groups in total. The lowest BCUT2D eigenvalue weighted by Gasteiger charge is -2.23. The molecule has 1 unspecified atom stereocenters. The Kier molecular flexibility index (Phi) is 5.69. The van der Waals surface area contributed by atoms with Crippen LogP contribution in [0.1, 0.15) is 33.5 Å². The Morgan fingerprint density at radius 2 is 1.81 bits per heavy atom. The maximum atomic E-state index is 13.5. The number of ketones is 1. The molecule has 0 bridgehead atoms. The molecule has 0 radical (unpaired) electrons. The van der Waals surface area contributed by atoms with Gasteiger partial charge in [-0.2, -0.15) is 0 Å². The highest BCUT2D eigenvalue weighted by molar-refractivity contribution is 9.10. The molecular formula is C25H22BrNO4. The Hall–Kier alpha value is -2.96. The Morgan fingerprint density at radius 1 is 1.10 bits per heavy atom. The van der Waals surface area contributed by atoms with Crippen LogP contribution in [0.2, 0.25) is 0 Å². The quantitative estimate of drug-likeness (QED) is 0.516. The first-order valence-corrected chi connectivity index (χ1v) is 10.7. The van der Waals surface area contributed by atoms with Crippen LogP contribution in [-0.4, -0.2) is 23.9 Å². The molecule has 5 nitrogen and oxygen atoms in total. The lowest BCUT2D eigenvalue weighted by molar-refractivity contribution is -0.136. The Labute approximate surface area is 189 Å². The fourth-order valence-electron chi connectivity index (χ4n) is 3.93. The van der Waals surface area contributed by atoms with Gasteiger partial charge in [0.15, 0.2) is 11.4 Å². The summed E-state index contributed by atoms with van der Waals surface area (Å²) in [6.07, 6.45) is -0.375. The molecule has 1 atom stereocenters. The van der Waals surface area contributed by atoms with Crippen LogP contribution in [-0.2, 0) is 16.9 Å². The van der Waals surface area contributed by atoms with Gasteiger partial charge in [0.1, 0.15) is 5.75 Å². The van der Waals surface area contributed by atoms with Crippen molar-refractivity contribution in [2.45, 2.75) is 25.5 Å². The number of fused-ring (bicyclic) bond motifs is 1. The fourth-order valence-corrected chi connectivity index (χ4v) is 4.29. The molecule has 0 saturated carbocycles. The number of ether oxygens (including phenoxy) is 1. The molecule has 3 aromatic carbocycles. The van der Waals surface area contributed by atoms with E-state index in [1.165, 1.54) is 7.11 Å². The van der Waals surface area contributed by atoms with Crippen molar-refractivity contribution in [3.8, 4) is 5.75 Å². The maximum absolute atomic E-state index is 13.5. The Morgan fingerprint density at radius 3 is 2.52 bits per heavy atom. The summed E-state index contributed by atoms with van der Waals surface area (Å²) in [5.74, 6) is -0.464. The zero-order chi connectivity index (χ0) is 22.2. The second kappa shape index (κ2) is 8.29. The summed E-state index contributed by atoms with van der Waals surface area (Å²) in [4.78, 5) is 28.1. The van der Waals surface area contributed by atoms with Crippen molar-refractivity contribution >= 4 is 33.3 Å². The van der Waals surface area contributed by atoms with Gasteiger partial charge in [0, 0.05) is 10.0 Å². The zero-order valence-electron chi connectivity index (χ0n) is 17.3. The van der Waals surface area contributed by atoms with E-state index < -0.39 is 11.5 Å². The average Bonchev–Trinajstić information content (AvgIpc) is 2.96. The van der Waals surface area contributed by atoms with Crippen LogP contribution in [0.3, 0.4) is 0 Å². The minimum Gasteiger partial charge on any atom is -0.496 e. The molecule has 1 amide bonds. The highest BCUT2D eigenvalue weighted by atomic mass is 79.9. The van der Waals surface area contributed by atoms with Gasteiger partial charge in [-0.05, 0) is 42.8 Å². The maximum Gasteiger partial charge on any atom is 0.264 e. The van der Waals surface area contributed by atoms with Crippen LogP contribution in [0, 0.1) is 6.92 Å². The van der Waals surface area contributed by atoms with Gasteiger partial charge in [0.2, 0.25) is 0 Å². The van der Waals surface area contributed by atoms with Gasteiger partial charge in [0.25, 0.3) is 5.91 Å². The van der Waals surface area contributed by atoms with Gasteiger partial charge >= 0.3 is 0 Å². The summed E-state index contributed by atoms with van der Waals surface area (Å²) < 4.78 is 6.01. The summed E-state index contributed by atoms with van der Waals surface area (Å²) in [7, 11) is 1.48. The van der Waals surface area contributed by atoms with Crippen molar-refractivity contribution in [3.63, 3.8) is 0 Å². The van der Waals surface area contributed by atoms with E-state index >= 15 is 0 Å². The topological polar surface area (TPSA) is 66.8 Å². The van der Waals surface area contributed by atoms with Crippen LogP contribution in [0.4, 0.5) is 5.69 Å². The molecule has 31 heavy (non-hydrogen) atoms. The summed E-state index contributed by atoms with van der Waals surface area (Å²) >= 11 is 3.42. The summed E-state index contributed by atoms with van der Waals surface area (Å²) in [6, 6.07) is 20.0. The number of benzene rings is 3.